The summed E-state index contributed by atoms with van der Waals surface area (Å²) in [4.78, 5) is 11.2. The van der Waals surface area contributed by atoms with Crippen LogP contribution in [-0.4, -0.2) is 17.3 Å². The van der Waals surface area contributed by atoms with Gasteiger partial charge in [0.2, 0.25) is 5.91 Å². The monoisotopic (exact) mass is 206 g/mol. The molecule has 0 saturated heterocycles. The van der Waals surface area contributed by atoms with Crippen molar-refractivity contribution in [3.63, 3.8) is 0 Å². The topological polar surface area (TPSA) is 42.0 Å². The van der Waals surface area contributed by atoms with Crippen LogP contribution in [-0.2, 0) is 11.2 Å². The zero-order valence-electron chi connectivity index (χ0n) is 7.78. The van der Waals surface area contributed by atoms with E-state index in [1.807, 2.05) is 24.3 Å². The van der Waals surface area contributed by atoms with Gasteiger partial charge in [0, 0.05) is 12.4 Å². The van der Waals surface area contributed by atoms with Crippen LogP contribution in [0.1, 0.15) is 5.69 Å². The van der Waals surface area contributed by atoms with Crippen molar-refractivity contribution in [2.24, 2.45) is 0 Å². The van der Waals surface area contributed by atoms with E-state index in [0.717, 1.165) is 15.8 Å². The van der Waals surface area contributed by atoms with Crippen molar-refractivity contribution in [3.8, 4) is 0 Å². The third kappa shape index (κ3) is 1.61. The van der Waals surface area contributed by atoms with Gasteiger partial charge in [-0.3, -0.25) is 4.79 Å². The highest BCUT2D eigenvalue weighted by Crippen LogP contribution is 2.22. The first-order chi connectivity index (χ1) is 6.81. The van der Waals surface area contributed by atoms with Crippen LogP contribution in [0.5, 0.6) is 0 Å². The Balaban J connectivity index is 2.38. The maximum Gasteiger partial charge on any atom is 0.225 e. The fraction of sp³-hybridized carbons (Fsp3) is 0.200. The molecule has 0 bridgehead atoms. The molecule has 0 fully saturated rings. The number of nitrogens with one attached hydrogen (secondary N) is 1. The van der Waals surface area contributed by atoms with E-state index in [1.165, 1.54) is 11.5 Å². The van der Waals surface area contributed by atoms with Gasteiger partial charge in [0.1, 0.15) is 0 Å². The Morgan fingerprint density at radius 2 is 2.29 bits per heavy atom. The van der Waals surface area contributed by atoms with E-state index >= 15 is 0 Å². The van der Waals surface area contributed by atoms with Gasteiger partial charge in [-0.1, -0.05) is 18.2 Å². The minimum Gasteiger partial charge on any atom is -0.359 e. The van der Waals surface area contributed by atoms with E-state index in [-0.39, 0.29) is 5.91 Å². The van der Waals surface area contributed by atoms with Crippen LogP contribution >= 0.6 is 11.5 Å². The molecular weight excluding hydrogens is 196 g/mol. The van der Waals surface area contributed by atoms with Gasteiger partial charge in [-0.05, 0) is 17.6 Å². The maximum absolute atomic E-state index is 11.2. The fourth-order valence-corrected chi connectivity index (χ4v) is 2.10. The second-order valence-electron chi connectivity index (χ2n) is 2.98. The maximum atomic E-state index is 11.2. The molecule has 1 aromatic carbocycles. The second kappa shape index (κ2) is 3.75. The van der Waals surface area contributed by atoms with Crippen LogP contribution in [0, 0.1) is 0 Å². The lowest BCUT2D eigenvalue weighted by atomic mass is 10.2. The number of likely N-dealkylation sites (N-methyl/N-ethyl adjacent to an activating group) is 1. The molecule has 2 aromatic rings. The molecule has 1 amide bonds. The molecule has 0 spiro atoms. The molecule has 72 valence electrons. The Kier molecular flexibility index (Phi) is 2.45. The molecule has 4 heteroatoms. The number of fused-ring (bicyclic) bond motifs is 1. The van der Waals surface area contributed by atoms with Crippen LogP contribution in [0.25, 0.3) is 10.1 Å². The molecule has 1 heterocycles. The van der Waals surface area contributed by atoms with Crippen LogP contribution in [0.4, 0.5) is 0 Å². The highest BCUT2D eigenvalue weighted by molar-refractivity contribution is 7.13. The molecule has 14 heavy (non-hydrogen) atoms. The van der Waals surface area contributed by atoms with Crippen molar-refractivity contribution in [1.29, 1.82) is 0 Å². The van der Waals surface area contributed by atoms with Crippen molar-refractivity contribution in [2.75, 3.05) is 7.05 Å². The van der Waals surface area contributed by atoms with Crippen molar-refractivity contribution in [2.45, 2.75) is 6.42 Å². The number of carbonyl (C=O) groups excluding carboxylic acids is 1. The summed E-state index contributed by atoms with van der Waals surface area (Å²) in [5, 5.41) is 3.68. The molecule has 0 radical (unpaired) electrons. The minimum absolute atomic E-state index is 0.000975. The van der Waals surface area contributed by atoms with Crippen molar-refractivity contribution >= 4 is 27.5 Å². The minimum atomic E-state index is 0.000975. The SMILES string of the molecule is CNC(=O)Cc1nsc2ccccc12. The van der Waals surface area contributed by atoms with E-state index in [0.29, 0.717) is 6.42 Å². The van der Waals surface area contributed by atoms with Gasteiger partial charge in [0.05, 0.1) is 16.8 Å². The van der Waals surface area contributed by atoms with Gasteiger partial charge >= 0.3 is 0 Å². The molecule has 0 atom stereocenters. The highest BCUT2D eigenvalue weighted by Gasteiger charge is 2.08. The summed E-state index contributed by atoms with van der Waals surface area (Å²) in [5.41, 5.74) is 0.866. The normalized spacial score (nSPS) is 10.4. The van der Waals surface area contributed by atoms with Crippen LogP contribution < -0.4 is 5.32 Å². The second-order valence-corrected chi connectivity index (χ2v) is 3.78. The van der Waals surface area contributed by atoms with E-state index in [9.17, 15) is 4.79 Å². The third-order valence-electron chi connectivity index (χ3n) is 2.06. The molecule has 1 N–H and O–H groups in total. The number of hydrogen-bond acceptors (Lipinski definition) is 3. The number of aromatic nitrogens is 1. The van der Waals surface area contributed by atoms with Gasteiger partial charge in [0.15, 0.2) is 0 Å². The summed E-state index contributed by atoms with van der Waals surface area (Å²) >= 11 is 1.44. The Morgan fingerprint density at radius 3 is 3.07 bits per heavy atom. The fourth-order valence-electron chi connectivity index (χ4n) is 1.31. The molecular formula is C10H10N2OS. The zero-order chi connectivity index (χ0) is 9.97. The number of carbonyl (C=O) groups is 1. The number of hydrogen-bond donors (Lipinski definition) is 1. The van der Waals surface area contributed by atoms with Crippen molar-refractivity contribution in [1.82, 2.24) is 9.69 Å². The summed E-state index contributed by atoms with van der Waals surface area (Å²) in [6.45, 7) is 0. The highest BCUT2D eigenvalue weighted by atomic mass is 32.1. The molecule has 0 saturated carbocycles. The molecule has 2 rings (SSSR count). The number of benzene rings is 1. The predicted octanol–water partition coefficient (Wildman–Crippen LogP) is 1.58. The van der Waals surface area contributed by atoms with Gasteiger partial charge in [-0.2, -0.15) is 4.37 Å². The van der Waals surface area contributed by atoms with Gasteiger partial charge < -0.3 is 5.32 Å². The summed E-state index contributed by atoms with van der Waals surface area (Å²) < 4.78 is 5.40. The van der Waals surface area contributed by atoms with E-state index in [1.54, 1.807) is 7.05 Å². The summed E-state index contributed by atoms with van der Waals surface area (Å²) in [7, 11) is 1.64. The van der Waals surface area contributed by atoms with Gasteiger partial charge in [-0.25, -0.2) is 0 Å². The van der Waals surface area contributed by atoms with Crippen molar-refractivity contribution < 1.29 is 4.79 Å². The predicted molar refractivity (Wildman–Crippen MR) is 57.4 cm³/mol. The molecule has 0 unspecified atom stereocenters. The lowest BCUT2D eigenvalue weighted by molar-refractivity contribution is -0.119. The summed E-state index contributed by atoms with van der Waals surface area (Å²) in [6.07, 6.45) is 0.362. The molecule has 0 aliphatic carbocycles. The first kappa shape index (κ1) is 9.15. The Morgan fingerprint density at radius 1 is 1.50 bits per heavy atom. The van der Waals surface area contributed by atoms with E-state index in [2.05, 4.69) is 9.69 Å². The number of nitrogens with zero attached hydrogens (tertiary/aromatic N) is 1. The third-order valence-corrected chi connectivity index (χ3v) is 2.92. The molecule has 3 nitrogen and oxygen atoms in total. The number of rotatable bonds is 2. The largest absolute Gasteiger partial charge is 0.359 e. The summed E-state index contributed by atoms with van der Waals surface area (Å²) in [5.74, 6) is 0.000975. The lowest BCUT2D eigenvalue weighted by Crippen LogP contribution is -2.20. The van der Waals surface area contributed by atoms with Crippen molar-refractivity contribution in [3.05, 3.63) is 30.0 Å². The van der Waals surface area contributed by atoms with Crippen LogP contribution in [0.2, 0.25) is 0 Å². The van der Waals surface area contributed by atoms with E-state index in [4.69, 9.17) is 0 Å². The van der Waals surface area contributed by atoms with E-state index < -0.39 is 0 Å². The smallest absolute Gasteiger partial charge is 0.225 e. The zero-order valence-corrected chi connectivity index (χ0v) is 8.60. The van der Waals surface area contributed by atoms with Crippen LogP contribution in [0.3, 0.4) is 0 Å². The Labute approximate surface area is 85.9 Å². The molecule has 1 aromatic heterocycles. The van der Waals surface area contributed by atoms with Crippen LogP contribution in [0.15, 0.2) is 24.3 Å². The molecule has 0 aliphatic heterocycles. The Bertz CT molecular complexity index is 464. The average Bonchev–Trinajstić information content (AvgIpc) is 2.62. The lowest BCUT2D eigenvalue weighted by Gasteiger charge is -1.96. The first-order valence-corrected chi connectivity index (χ1v) is 5.12. The quantitative estimate of drug-likeness (QED) is 0.810. The Hall–Kier alpha value is -1.42. The standard InChI is InChI=1S/C10H10N2OS/c1-11-10(13)6-8-7-4-2-3-5-9(7)14-12-8/h2-5H,6H2,1H3,(H,11,13). The van der Waals surface area contributed by atoms with Gasteiger partial charge in [0.25, 0.3) is 0 Å². The first-order valence-electron chi connectivity index (χ1n) is 4.35. The summed E-state index contributed by atoms with van der Waals surface area (Å²) in [6, 6.07) is 7.95. The number of amides is 1. The molecule has 0 aliphatic rings. The average molecular weight is 206 g/mol. The van der Waals surface area contributed by atoms with Gasteiger partial charge in [-0.15, -0.1) is 0 Å².